The Kier molecular flexibility index (Phi) is 4.03. The molecule has 0 radical (unpaired) electrons. The van der Waals surface area contributed by atoms with Gasteiger partial charge in [0.2, 0.25) is 5.91 Å². The zero-order valence-electron chi connectivity index (χ0n) is 12.0. The zero-order chi connectivity index (χ0) is 13.9. The van der Waals surface area contributed by atoms with Crippen molar-refractivity contribution in [2.75, 3.05) is 26.2 Å². The lowest BCUT2D eigenvalue weighted by atomic mass is 9.93. The van der Waals surface area contributed by atoms with E-state index in [-0.39, 0.29) is 17.9 Å². The Bertz CT molecular complexity index is 489. The highest BCUT2D eigenvalue weighted by Gasteiger charge is 2.36. The van der Waals surface area contributed by atoms with Gasteiger partial charge >= 0.3 is 0 Å². The molecule has 0 aromatic heterocycles. The molecule has 2 saturated heterocycles. The van der Waals surface area contributed by atoms with Crippen LogP contribution in [0.1, 0.15) is 17.5 Å². The summed E-state index contributed by atoms with van der Waals surface area (Å²) in [6.45, 7) is 5.82. The monoisotopic (exact) mass is 274 g/mol. The molecule has 2 heterocycles. The Morgan fingerprint density at radius 1 is 1.45 bits per heavy atom. The maximum absolute atomic E-state index is 12.7. The predicted molar refractivity (Wildman–Crippen MR) is 77.3 cm³/mol. The summed E-state index contributed by atoms with van der Waals surface area (Å²) in [5.41, 5.74) is 2.44. The Morgan fingerprint density at radius 2 is 2.35 bits per heavy atom. The number of hydrogen-bond donors (Lipinski definition) is 1. The van der Waals surface area contributed by atoms with Crippen molar-refractivity contribution in [2.45, 2.75) is 26.0 Å². The molecule has 0 bridgehead atoms. The second-order valence-electron chi connectivity index (χ2n) is 5.76. The summed E-state index contributed by atoms with van der Waals surface area (Å²) in [6, 6.07) is 8.38. The second-order valence-corrected chi connectivity index (χ2v) is 5.76. The van der Waals surface area contributed by atoms with Gasteiger partial charge in [-0.3, -0.25) is 4.79 Å². The minimum absolute atomic E-state index is 0.0311. The normalized spacial score (nSPS) is 27.1. The molecule has 2 fully saturated rings. The third-order valence-electron chi connectivity index (χ3n) is 4.20. The van der Waals surface area contributed by atoms with Crippen molar-refractivity contribution in [3.63, 3.8) is 0 Å². The molecule has 0 aliphatic carbocycles. The SMILES string of the molecule is Cc1cccc(CN2CCO[C@H]3CNCC[C@H]3C2=O)c1. The van der Waals surface area contributed by atoms with E-state index in [2.05, 4.69) is 36.5 Å². The molecule has 1 aromatic carbocycles. The van der Waals surface area contributed by atoms with Crippen molar-refractivity contribution in [1.29, 1.82) is 0 Å². The van der Waals surface area contributed by atoms with Gasteiger partial charge in [0.15, 0.2) is 0 Å². The molecule has 2 aliphatic rings. The summed E-state index contributed by atoms with van der Waals surface area (Å²) in [4.78, 5) is 14.7. The van der Waals surface area contributed by atoms with Crippen LogP contribution >= 0.6 is 0 Å². The number of fused-ring (bicyclic) bond motifs is 1. The molecular formula is C16H22N2O2. The van der Waals surface area contributed by atoms with Gasteiger partial charge in [-0.15, -0.1) is 0 Å². The molecule has 1 N–H and O–H groups in total. The van der Waals surface area contributed by atoms with Crippen LogP contribution in [0.4, 0.5) is 0 Å². The number of rotatable bonds is 2. The molecular weight excluding hydrogens is 252 g/mol. The molecule has 1 aromatic rings. The van der Waals surface area contributed by atoms with Gasteiger partial charge in [-0.1, -0.05) is 29.8 Å². The van der Waals surface area contributed by atoms with E-state index in [1.165, 1.54) is 11.1 Å². The van der Waals surface area contributed by atoms with Crippen molar-refractivity contribution < 1.29 is 9.53 Å². The number of aryl methyl sites for hydroxylation is 1. The average Bonchev–Trinajstić information content (AvgIpc) is 2.60. The van der Waals surface area contributed by atoms with E-state index < -0.39 is 0 Å². The Hall–Kier alpha value is -1.39. The van der Waals surface area contributed by atoms with E-state index in [0.717, 1.165) is 19.5 Å². The van der Waals surface area contributed by atoms with E-state index in [1.54, 1.807) is 0 Å². The van der Waals surface area contributed by atoms with Crippen molar-refractivity contribution in [1.82, 2.24) is 10.2 Å². The average molecular weight is 274 g/mol. The van der Waals surface area contributed by atoms with Crippen molar-refractivity contribution in [3.8, 4) is 0 Å². The quantitative estimate of drug-likeness (QED) is 0.884. The van der Waals surface area contributed by atoms with Crippen LogP contribution in [0.5, 0.6) is 0 Å². The molecule has 108 valence electrons. The highest BCUT2D eigenvalue weighted by Crippen LogP contribution is 2.23. The summed E-state index contributed by atoms with van der Waals surface area (Å²) < 4.78 is 5.84. The lowest BCUT2D eigenvalue weighted by molar-refractivity contribution is -0.138. The Labute approximate surface area is 120 Å². The number of nitrogens with one attached hydrogen (secondary N) is 1. The van der Waals surface area contributed by atoms with Gasteiger partial charge in [0.25, 0.3) is 0 Å². The van der Waals surface area contributed by atoms with Gasteiger partial charge in [0.1, 0.15) is 0 Å². The predicted octanol–water partition coefficient (Wildman–Crippen LogP) is 1.33. The summed E-state index contributed by atoms with van der Waals surface area (Å²) in [7, 11) is 0. The van der Waals surface area contributed by atoms with E-state index in [0.29, 0.717) is 19.7 Å². The molecule has 0 unspecified atom stereocenters. The third kappa shape index (κ3) is 2.86. The molecule has 1 amide bonds. The number of amides is 1. The highest BCUT2D eigenvalue weighted by atomic mass is 16.5. The lowest BCUT2D eigenvalue weighted by Gasteiger charge is -2.30. The number of piperidine rings is 1. The van der Waals surface area contributed by atoms with Crippen LogP contribution in [-0.2, 0) is 16.1 Å². The van der Waals surface area contributed by atoms with Crippen LogP contribution < -0.4 is 5.32 Å². The van der Waals surface area contributed by atoms with Crippen LogP contribution in [0.3, 0.4) is 0 Å². The van der Waals surface area contributed by atoms with E-state index in [4.69, 9.17) is 4.74 Å². The fourth-order valence-electron chi connectivity index (χ4n) is 3.13. The fraction of sp³-hybridized carbons (Fsp3) is 0.562. The Morgan fingerprint density at radius 3 is 3.20 bits per heavy atom. The number of carbonyl (C=O) groups is 1. The van der Waals surface area contributed by atoms with Crippen LogP contribution in [0, 0.1) is 12.8 Å². The first-order valence-corrected chi connectivity index (χ1v) is 7.41. The van der Waals surface area contributed by atoms with Gasteiger partial charge in [-0.25, -0.2) is 0 Å². The first-order chi connectivity index (χ1) is 9.74. The highest BCUT2D eigenvalue weighted by molar-refractivity contribution is 5.80. The molecule has 3 rings (SSSR count). The van der Waals surface area contributed by atoms with Crippen LogP contribution in [-0.4, -0.2) is 43.2 Å². The van der Waals surface area contributed by atoms with Crippen LogP contribution in [0.2, 0.25) is 0 Å². The van der Waals surface area contributed by atoms with Crippen LogP contribution in [0.25, 0.3) is 0 Å². The van der Waals surface area contributed by atoms with E-state index in [9.17, 15) is 4.79 Å². The molecule has 20 heavy (non-hydrogen) atoms. The minimum Gasteiger partial charge on any atom is -0.374 e. The van der Waals surface area contributed by atoms with E-state index >= 15 is 0 Å². The largest absolute Gasteiger partial charge is 0.374 e. The number of ether oxygens (including phenoxy) is 1. The molecule has 4 heteroatoms. The van der Waals surface area contributed by atoms with Crippen molar-refractivity contribution in [2.24, 2.45) is 5.92 Å². The van der Waals surface area contributed by atoms with E-state index in [1.807, 2.05) is 4.90 Å². The number of hydrogen-bond acceptors (Lipinski definition) is 3. The maximum Gasteiger partial charge on any atom is 0.228 e. The smallest absolute Gasteiger partial charge is 0.228 e. The summed E-state index contributed by atoms with van der Waals surface area (Å²) >= 11 is 0. The summed E-state index contributed by atoms with van der Waals surface area (Å²) in [6.07, 6.45) is 0.937. The minimum atomic E-state index is 0.0311. The summed E-state index contributed by atoms with van der Waals surface area (Å²) in [5.74, 6) is 0.291. The van der Waals surface area contributed by atoms with Gasteiger partial charge in [0.05, 0.1) is 18.6 Å². The molecule has 2 aliphatic heterocycles. The molecule has 0 saturated carbocycles. The number of benzene rings is 1. The first kappa shape index (κ1) is 13.6. The number of nitrogens with zero attached hydrogens (tertiary/aromatic N) is 1. The summed E-state index contributed by atoms with van der Waals surface area (Å²) in [5, 5.41) is 3.31. The van der Waals surface area contributed by atoms with Crippen LogP contribution in [0.15, 0.2) is 24.3 Å². The molecule has 0 spiro atoms. The maximum atomic E-state index is 12.7. The lowest BCUT2D eigenvalue weighted by Crippen LogP contribution is -2.47. The fourth-order valence-corrected chi connectivity index (χ4v) is 3.13. The van der Waals surface area contributed by atoms with Crippen molar-refractivity contribution in [3.05, 3.63) is 35.4 Å². The van der Waals surface area contributed by atoms with Gasteiger partial charge in [-0.2, -0.15) is 0 Å². The second kappa shape index (κ2) is 5.94. The van der Waals surface area contributed by atoms with Gasteiger partial charge in [0, 0.05) is 19.6 Å². The molecule has 2 atom stereocenters. The number of carbonyl (C=O) groups excluding carboxylic acids is 1. The van der Waals surface area contributed by atoms with Crippen molar-refractivity contribution >= 4 is 5.91 Å². The van der Waals surface area contributed by atoms with Gasteiger partial charge < -0.3 is 15.0 Å². The topological polar surface area (TPSA) is 41.6 Å². The molecule has 4 nitrogen and oxygen atoms in total. The zero-order valence-corrected chi connectivity index (χ0v) is 12.0. The Balaban J connectivity index is 1.74. The third-order valence-corrected chi connectivity index (χ3v) is 4.20. The standard InChI is InChI=1S/C16H22N2O2/c1-12-3-2-4-13(9-12)11-18-7-8-20-15-10-17-6-5-14(15)16(18)19/h2-4,9,14-15,17H,5-8,10-11H2,1H3/t14-,15+/m1/s1. The first-order valence-electron chi connectivity index (χ1n) is 7.41. The van der Waals surface area contributed by atoms with Gasteiger partial charge in [-0.05, 0) is 25.5 Å².